The van der Waals surface area contributed by atoms with E-state index in [4.69, 9.17) is 0 Å². The smallest absolute Gasteiger partial charge is 0.264 e. The Hall–Kier alpha value is -2.74. The molecule has 8 nitrogen and oxygen atoms in total. The van der Waals surface area contributed by atoms with Crippen molar-refractivity contribution in [3.63, 3.8) is 0 Å². The van der Waals surface area contributed by atoms with Crippen LogP contribution in [0.4, 0.5) is 5.69 Å². The molecule has 28 heavy (non-hydrogen) atoms. The average Bonchev–Trinajstić information content (AvgIpc) is 2.97. The highest BCUT2D eigenvalue weighted by molar-refractivity contribution is 6.25. The first-order chi connectivity index (χ1) is 13.5. The molecule has 4 amide bonds. The van der Waals surface area contributed by atoms with Crippen LogP contribution in [-0.4, -0.2) is 54.7 Å². The van der Waals surface area contributed by atoms with E-state index >= 15 is 0 Å². The van der Waals surface area contributed by atoms with Gasteiger partial charge < -0.3 is 10.6 Å². The quantitative estimate of drug-likeness (QED) is 0.522. The van der Waals surface area contributed by atoms with Crippen LogP contribution in [-0.2, 0) is 9.59 Å². The van der Waals surface area contributed by atoms with Gasteiger partial charge in [0.15, 0.2) is 0 Å². The van der Waals surface area contributed by atoms with Crippen molar-refractivity contribution in [1.29, 1.82) is 0 Å². The van der Waals surface area contributed by atoms with Crippen molar-refractivity contribution in [2.75, 3.05) is 25.5 Å². The first kappa shape index (κ1) is 23.3. The van der Waals surface area contributed by atoms with Crippen LogP contribution < -0.4 is 16.0 Å². The summed E-state index contributed by atoms with van der Waals surface area (Å²) in [6, 6.07) is 4.05. The molecule has 1 atom stereocenters. The first-order valence-corrected chi connectivity index (χ1v) is 9.77. The molecule has 3 rings (SSSR count). The van der Waals surface area contributed by atoms with Gasteiger partial charge >= 0.3 is 0 Å². The number of nitrogens with zero attached hydrogens (tertiary/aromatic N) is 1. The Labute approximate surface area is 166 Å². The Bertz CT molecular complexity index is 733. The number of amides is 4. The molecular weight excluding hydrogens is 360 g/mol. The van der Waals surface area contributed by atoms with Crippen LogP contribution in [0.2, 0.25) is 0 Å². The summed E-state index contributed by atoms with van der Waals surface area (Å²) in [4.78, 5) is 49.7. The Balaban J connectivity index is 0.000000921. The van der Waals surface area contributed by atoms with Gasteiger partial charge in [0, 0.05) is 25.2 Å². The minimum absolute atomic E-state index is 0.108. The van der Waals surface area contributed by atoms with E-state index in [-0.39, 0.29) is 29.9 Å². The summed E-state index contributed by atoms with van der Waals surface area (Å²) in [6.07, 6.45) is 0.260. The van der Waals surface area contributed by atoms with Crippen molar-refractivity contribution in [2.24, 2.45) is 0 Å². The predicted molar refractivity (Wildman–Crippen MR) is 108 cm³/mol. The van der Waals surface area contributed by atoms with Crippen molar-refractivity contribution in [3.8, 4) is 0 Å². The fourth-order valence-corrected chi connectivity index (χ4v) is 2.98. The van der Waals surface area contributed by atoms with E-state index in [1.807, 2.05) is 34.7 Å². The lowest BCUT2D eigenvalue weighted by Crippen LogP contribution is -2.54. The zero-order valence-corrected chi connectivity index (χ0v) is 17.2. The van der Waals surface area contributed by atoms with Crippen LogP contribution in [0.3, 0.4) is 0 Å². The second-order valence-electron chi connectivity index (χ2n) is 5.71. The highest BCUT2D eigenvalue weighted by Crippen LogP contribution is 2.32. The number of rotatable bonds is 5. The fraction of sp³-hybridized carbons (Fsp3) is 0.500. The van der Waals surface area contributed by atoms with E-state index in [1.54, 1.807) is 18.2 Å². The largest absolute Gasteiger partial charge is 0.383 e. The van der Waals surface area contributed by atoms with E-state index in [9.17, 15) is 19.2 Å². The van der Waals surface area contributed by atoms with Crippen LogP contribution in [0.25, 0.3) is 0 Å². The van der Waals surface area contributed by atoms with Gasteiger partial charge in [-0.1, -0.05) is 33.8 Å². The van der Waals surface area contributed by atoms with Gasteiger partial charge in [-0.15, -0.1) is 0 Å². The molecule has 2 aliphatic heterocycles. The molecule has 8 heteroatoms. The molecule has 1 aromatic carbocycles. The topological polar surface area (TPSA) is 108 Å². The van der Waals surface area contributed by atoms with Gasteiger partial charge in [-0.2, -0.15) is 0 Å². The normalized spacial score (nSPS) is 17.8. The molecule has 2 aliphatic rings. The maximum atomic E-state index is 12.8. The number of anilines is 1. The lowest BCUT2D eigenvalue weighted by atomic mass is 10.0. The number of carbonyl (C=O) groups is 4. The zero-order valence-electron chi connectivity index (χ0n) is 17.2. The summed E-state index contributed by atoms with van der Waals surface area (Å²) in [6.45, 7) is 9.29. The zero-order chi connectivity index (χ0) is 21.3. The van der Waals surface area contributed by atoms with Crippen LogP contribution in [0.1, 0.15) is 61.3 Å². The number of hydrogen-bond donors (Lipinski definition) is 3. The van der Waals surface area contributed by atoms with E-state index in [0.29, 0.717) is 18.8 Å². The number of carbonyl (C=O) groups excluding carboxylic acids is 4. The minimum Gasteiger partial charge on any atom is -0.383 e. The molecule has 1 unspecified atom stereocenters. The Morgan fingerprint density at radius 1 is 1.04 bits per heavy atom. The molecule has 154 valence electrons. The highest BCUT2D eigenvalue weighted by Gasteiger charge is 2.45. The molecule has 1 aromatic rings. The molecule has 0 bridgehead atoms. The first-order valence-electron chi connectivity index (χ1n) is 9.77. The number of piperidine rings is 1. The van der Waals surface area contributed by atoms with Crippen LogP contribution in [0.15, 0.2) is 18.2 Å². The van der Waals surface area contributed by atoms with Crippen molar-refractivity contribution in [1.82, 2.24) is 15.5 Å². The van der Waals surface area contributed by atoms with Crippen LogP contribution >= 0.6 is 0 Å². The SMILES string of the molecule is CC.CC.CNCCNc1cccc2c1C(=O)N(C1CCC(=O)NC1=O)C2=O. The van der Waals surface area contributed by atoms with Crippen LogP contribution in [0.5, 0.6) is 0 Å². The summed E-state index contributed by atoms with van der Waals surface area (Å²) in [5, 5.41) is 8.29. The number of hydrogen-bond acceptors (Lipinski definition) is 6. The van der Waals surface area contributed by atoms with E-state index in [0.717, 1.165) is 4.90 Å². The molecule has 3 N–H and O–H groups in total. The van der Waals surface area contributed by atoms with Gasteiger partial charge in [-0.3, -0.25) is 29.4 Å². The van der Waals surface area contributed by atoms with Crippen molar-refractivity contribution >= 4 is 29.3 Å². The van der Waals surface area contributed by atoms with Gasteiger partial charge in [0.25, 0.3) is 11.8 Å². The number of nitrogens with one attached hydrogen (secondary N) is 3. The summed E-state index contributed by atoms with van der Waals surface area (Å²) in [7, 11) is 1.82. The maximum absolute atomic E-state index is 12.8. The second kappa shape index (κ2) is 11.2. The van der Waals surface area contributed by atoms with Crippen LogP contribution in [0, 0.1) is 0 Å². The number of benzene rings is 1. The lowest BCUT2D eigenvalue weighted by Gasteiger charge is -2.27. The Morgan fingerprint density at radius 3 is 2.32 bits per heavy atom. The third-order valence-electron chi connectivity index (χ3n) is 4.16. The average molecular weight is 390 g/mol. The molecule has 1 fully saturated rings. The van der Waals surface area contributed by atoms with E-state index in [2.05, 4.69) is 16.0 Å². The summed E-state index contributed by atoms with van der Waals surface area (Å²) in [5.41, 5.74) is 1.12. The molecular formula is C20H30N4O4. The summed E-state index contributed by atoms with van der Waals surface area (Å²) >= 11 is 0. The van der Waals surface area contributed by atoms with Crippen molar-refractivity contribution in [2.45, 2.75) is 46.6 Å². The number of likely N-dealkylation sites (N-methyl/N-ethyl adjacent to an activating group) is 1. The van der Waals surface area contributed by atoms with E-state index < -0.39 is 23.8 Å². The maximum Gasteiger partial charge on any atom is 0.264 e. The standard InChI is InChI=1S/C16H18N4O4.2C2H6/c1-17-7-8-18-10-4-2-3-9-13(10)16(24)20(15(9)23)11-5-6-12(21)19-14(11)22;2*1-2/h2-4,11,17-18H,5-8H2,1H3,(H,19,21,22);2*1-2H3. The lowest BCUT2D eigenvalue weighted by molar-refractivity contribution is -0.136. The molecule has 0 aliphatic carbocycles. The molecule has 1 saturated heterocycles. The van der Waals surface area contributed by atoms with Gasteiger partial charge in [0.1, 0.15) is 6.04 Å². The van der Waals surface area contributed by atoms with Crippen molar-refractivity contribution in [3.05, 3.63) is 29.3 Å². The van der Waals surface area contributed by atoms with Gasteiger partial charge in [0.05, 0.1) is 11.1 Å². The predicted octanol–water partition coefficient (Wildman–Crippen LogP) is 1.77. The van der Waals surface area contributed by atoms with Crippen molar-refractivity contribution < 1.29 is 19.2 Å². The Kier molecular flexibility index (Phi) is 9.31. The minimum atomic E-state index is -0.944. The fourth-order valence-electron chi connectivity index (χ4n) is 2.98. The van der Waals surface area contributed by atoms with Gasteiger partial charge in [0.2, 0.25) is 11.8 Å². The third kappa shape index (κ3) is 4.75. The molecule has 2 heterocycles. The number of imide groups is 2. The highest BCUT2D eigenvalue weighted by atomic mass is 16.2. The van der Waals surface area contributed by atoms with Gasteiger partial charge in [-0.05, 0) is 25.6 Å². The third-order valence-corrected chi connectivity index (χ3v) is 4.16. The molecule has 0 spiro atoms. The van der Waals surface area contributed by atoms with E-state index in [1.165, 1.54) is 0 Å². The second-order valence-corrected chi connectivity index (χ2v) is 5.71. The molecule has 0 saturated carbocycles. The Morgan fingerprint density at radius 2 is 1.71 bits per heavy atom. The molecule has 0 radical (unpaired) electrons. The number of fused-ring (bicyclic) bond motifs is 1. The monoisotopic (exact) mass is 390 g/mol. The summed E-state index contributed by atoms with van der Waals surface area (Å²) < 4.78 is 0. The summed E-state index contributed by atoms with van der Waals surface area (Å²) in [5.74, 6) is -1.99. The molecule has 0 aromatic heterocycles. The van der Waals surface area contributed by atoms with Gasteiger partial charge in [-0.25, -0.2) is 0 Å².